The molecule has 0 aliphatic carbocycles. The third kappa shape index (κ3) is 7.84. The van der Waals surface area contributed by atoms with Gasteiger partial charge in [-0.05, 0) is 24.3 Å². The zero-order chi connectivity index (χ0) is 17.9. The highest BCUT2D eigenvalue weighted by molar-refractivity contribution is 8.01. The van der Waals surface area contributed by atoms with Gasteiger partial charge in [0.25, 0.3) is 0 Å². The minimum Gasteiger partial charge on any atom is -0.360 e. The number of rotatable bonds is 10. The summed E-state index contributed by atoms with van der Waals surface area (Å²) in [6.45, 7) is 3.40. The Morgan fingerprint density at radius 2 is 2.16 bits per heavy atom. The first-order valence-corrected chi connectivity index (χ1v) is 10.7. The molecule has 2 heterocycles. The summed E-state index contributed by atoms with van der Waals surface area (Å²) in [5.74, 6) is -0.216. The van der Waals surface area contributed by atoms with Crippen LogP contribution in [0, 0.1) is 0 Å². The molecule has 0 saturated heterocycles. The van der Waals surface area contributed by atoms with Gasteiger partial charge in [0.15, 0.2) is 4.34 Å². The van der Waals surface area contributed by atoms with Gasteiger partial charge in [0, 0.05) is 18.0 Å². The Morgan fingerprint density at radius 1 is 1.28 bits per heavy atom. The van der Waals surface area contributed by atoms with E-state index >= 15 is 0 Å². The van der Waals surface area contributed by atoms with Crippen LogP contribution in [0.2, 0.25) is 0 Å². The lowest BCUT2D eigenvalue weighted by atomic mass is 10.3. The van der Waals surface area contributed by atoms with Crippen molar-refractivity contribution < 1.29 is 9.59 Å². The standard InChI is InChI=1S/C15H21N5O2S3/c1-2-3-7-16-13(22)18-12(21)10-24-15-20-19-14(25-15)17-8-6-11-5-4-9-23-11/h4-5,9H,2-3,6-8,10H2,1H3,(H,17,19)(H2,16,18,21,22). The number of imide groups is 1. The fourth-order valence-corrected chi connectivity index (χ4v) is 4.09. The van der Waals surface area contributed by atoms with Crippen molar-refractivity contribution in [2.24, 2.45) is 0 Å². The van der Waals surface area contributed by atoms with Gasteiger partial charge in [-0.3, -0.25) is 10.1 Å². The maximum Gasteiger partial charge on any atom is 0.321 e. The van der Waals surface area contributed by atoms with E-state index in [1.54, 1.807) is 11.3 Å². The average Bonchev–Trinajstić information content (AvgIpc) is 3.25. The molecule has 136 valence electrons. The van der Waals surface area contributed by atoms with Crippen molar-refractivity contribution in [1.29, 1.82) is 0 Å². The molecule has 2 rings (SSSR count). The lowest BCUT2D eigenvalue weighted by Gasteiger charge is -2.04. The lowest BCUT2D eigenvalue weighted by Crippen LogP contribution is -2.40. The first kappa shape index (κ1) is 19.7. The van der Waals surface area contributed by atoms with Crippen molar-refractivity contribution in [3.63, 3.8) is 0 Å². The van der Waals surface area contributed by atoms with Gasteiger partial charge in [0.2, 0.25) is 11.0 Å². The molecule has 25 heavy (non-hydrogen) atoms. The minimum absolute atomic E-state index is 0.130. The molecule has 10 heteroatoms. The summed E-state index contributed by atoms with van der Waals surface area (Å²) in [5, 5.41) is 19.0. The predicted octanol–water partition coefficient (Wildman–Crippen LogP) is 2.97. The molecule has 2 aromatic rings. The second-order valence-electron chi connectivity index (χ2n) is 5.08. The molecular weight excluding hydrogens is 378 g/mol. The number of hydrogen-bond donors (Lipinski definition) is 3. The zero-order valence-corrected chi connectivity index (χ0v) is 16.4. The van der Waals surface area contributed by atoms with Crippen molar-refractivity contribution in [3.05, 3.63) is 22.4 Å². The number of unbranched alkanes of at least 4 members (excludes halogenated alkanes) is 1. The van der Waals surface area contributed by atoms with Crippen molar-refractivity contribution in [2.45, 2.75) is 30.5 Å². The fraction of sp³-hybridized carbons (Fsp3) is 0.467. The average molecular weight is 400 g/mol. The van der Waals surface area contributed by atoms with Crippen LogP contribution in [0.5, 0.6) is 0 Å². The van der Waals surface area contributed by atoms with Crippen molar-refractivity contribution >= 4 is 51.5 Å². The monoisotopic (exact) mass is 399 g/mol. The Morgan fingerprint density at radius 3 is 2.92 bits per heavy atom. The van der Waals surface area contributed by atoms with Gasteiger partial charge in [-0.1, -0.05) is 42.5 Å². The minimum atomic E-state index is -0.452. The van der Waals surface area contributed by atoms with Gasteiger partial charge in [0.05, 0.1) is 5.75 Å². The highest BCUT2D eigenvalue weighted by Crippen LogP contribution is 2.25. The van der Waals surface area contributed by atoms with Gasteiger partial charge in [-0.15, -0.1) is 21.5 Å². The van der Waals surface area contributed by atoms with Crippen LogP contribution in [0.4, 0.5) is 9.93 Å². The van der Waals surface area contributed by atoms with Gasteiger partial charge in [0.1, 0.15) is 0 Å². The quantitative estimate of drug-likeness (QED) is 0.420. The highest BCUT2D eigenvalue weighted by atomic mass is 32.2. The zero-order valence-electron chi connectivity index (χ0n) is 13.9. The second kappa shape index (κ2) is 11.1. The summed E-state index contributed by atoms with van der Waals surface area (Å²) < 4.78 is 0.695. The maximum absolute atomic E-state index is 11.7. The molecule has 0 aliphatic heterocycles. The Kier molecular flexibility index (Phi) is 8.70. The van der Waals surface area contributed by atoms with Crippen LogP contribution < -0.4 is 16.0 Å². The number of carbonyl (C=O) groups is 2. The first-order valence-electron chi connectivity index (χ1n) is 7.97. The third-order valence-corrected chi connectivity index (χ3v) is 5.98. The molecule has 2 aromatic heterocycles. The Labute approximate surface area is 159 Å². The summed E-state index contributed by atoms with van der Waals surface area (Å²) in [7, 11) is 0. The van der Waals surface area contributed by atoms with E-state index in [4.69, 9.17) is 0 Å². The van der Waals surface area contributed by atoms with Gasteiger partial charge in [-0.2, -0.15) is 0 Å². The van der Waals surface area contributed by atoms with E-state index in [1.165, 1.54) is 28.0 Å². The molecular formula is C15H21N5O2S3. The van der Waals surface area contributed by atoms with Crippen LogP contribution in [0.3, 0.4) is 0 Å². The largest absolute Gasteiger partial charge is 0.360 e. The number of thioether (sulfide) groups is 1. The number of nitrogens with zero attached hydrogens (tertiary/aromatic N) is 2. The number of carbonyl (C=O) groups excluding carboxylic acids is 2. The van der Waals surface area contributed by atoms with Gasteiger partial charge in [-0.25, -0.2) is 4.79 Å². The summed E-state index contributed by atoms with van der Waals surface area (Å²) in [5.41, 5.74) is 0. The van der Waals surface area contributed by atoms with Gasteiger partial charge >= 0.3 is 6.03 Å². The van der Waals surface area contributed by atoms with E-state index in [0.717, 1.165) is 30.9 Å². The van der Waals surface area contributed by atoms with E-state index in [-0.39, 0.29) is 11.7 Å². The van der Waals surface area contributed by atoms with Crippen molar-refractivity contribution in [2.75, 3.05) is 24.2 Å². The summed E-state index contributed by atoms with van der Waals surface area (Å²) in [6, 6.07) is 3.69. The molecule has 3 N–H and O–H groups in total. The predicted molar refractivity (Wildman–Crippen MR) is 104 cm³/mol. The number of nitrogens with one attached hydrogen (secondary N) is 3. The van der Waals surface area contributed by atoms with E-state index in [9.17, 15) is 9.59 Å². The van der Waals surface area contributed by atoms with Crippen molar-refractivity contribution in [3.8, 4) is 0 Å². The molecule has 0 spiro atoms. The molecule has 0 aromatic carbocycles. The van der Waals surface area contributed by atoms with E-state index in [0.29, 0.717) is 10.9 Å². The molecule has 3 amide bonds. The first-order chi connectivity index (χ1) is 12.2. The van der Waals surface area contributed by atoms with Crippen LogP contribution in [-0.4, -0.2) is 41.0 Å². The van der Waals surface area contributed by atoms with Crippen LogP contribution >= 0.6 is 34.4 Å². The van der Waals surface area contributed by atoms with Crippen LogP contribution in [-0.2, 0) is 11.2 Å². The number of amides is 3. The topological polar surface area (TPSA) is 96.0 Å². The van der Waals surface area contributed by atoms with Crippen LogP contribution in [0.15, 0.2) is 21.9 Å². The van der Waals surface area contributed by atoms with Crippen molar-refractivity contribution in [1.82, 2.24) is 20.8 Å². The summed E-state index contributed by atoms with van der Waals surface area (Å²) in [6.07, 6.45) is 2.82. The normalized spacial score (nSPS) is 10.4. The Bertz CT molecular complexity index is 660. The summed E-state index contributed by atoms with van der Waals surface area (Å²) in [4.78, 5) is 24.5. The Hall–Kier alpha value is -1.65. The molecule has 0 saturated carbocycles. The number of aromatic nitrogens is 2. The van der Waals surface area contributed by atoms with E-state index in [2.05, 4.69) is 37.6 Å². The lowest BCUT2D eigenvalue weighted by molar-refractivity contribution is -0.117. The van der Waals surface area contributed by atoms with Crippen LogP contribution in [0.25, 0.3) is 0 Å². The molecule has 0 aliphatic rings. The van der Waals surface area contributed by atoms with Crippen LogP contribution in [0.1, 0.15) is 24.6 Å². The van der Waals surface area contributed by atoms with E-state index in [1.807, 2.05) is 13.0 Å². The van der Waals surface area contributed by atoms with Gasteiger partial charge < -0.3 is 10.6 Å². The second-order valence-corrected chi connectivity index (χ2v) is 8.31. The third-order valence-electron chi connectivity index (χ3n) is 3.03. The molecule has 0 fully saturated rings. The SMILES string of the molecule is CCCCNC(=O)NC(=O)CSc1nnc(NCCc2cccs2)s1. The highest BCUT2D eigenvalue weighted by Gasteiger charge is 2.10. The molecule has 0 bridgehead atoms. The molecule has 0 atom stereocenters. The molecule has 0 unspecified atom stereocenters. The number of hydrogen-bond acceptors (Lipinski definition) is 8. The molecule has 0 radical (unpaired) electrons. The number of thiophene rings is 1. The fourth-order valence-electron chi connectivity index (χ4n) is 1.80. The maximum atomic E-state index is 11.7. The molecule has 7 nitrogen and oxygen atoms in total. The number of anilines is 1. The van der Waals surface area contributed by atoms with E-state index < -0.39 is 6.03 Å². The number of urea groups is 1. The smallest absolute Gasteiger partial charge is 0.321 e. The Balaban J connectivity index is 1.63. The summed E-state index contributed by atoms with van der Waals surface area (Å²) >= 11 is 4.40.